The largest absolute Gasteiger partial charge is 0.364 e. The van der Waals surface area contributed by atoms with Crippen molar-refractivity contribution in [3.05, 3.63) is 101 Å². The second kappa shape index (κ2) is 9.75. The molecule has 3 aliphatic heterocycles. The average molecular weight is 528 g/mol. The predicted molar refractivity (Wildman–Crippen MR) is 145 cm³/mol. The number of nitrogens with zero attached hydrogens (tertiary/aromatic N) is 5. The van der Waals surface area contributed by atoms with Crippen molar-refractivity contribution in [1.82, 2.24) is 19.4 Å². The van der Waals surface area contributed by atoms with Gasteiger partial charge in [-0.05, 0) is 60.6 Å². The molecule has 200 valence electrons. The van der Waals surface area contributed by atoms with Gasteiger partial charge in [-0.25, -0.2) is 13.3 Å². The van der Waals surface area contributed by atoms with Crippen LogP contribution in [0.1, 0.15) is 40.4 Å². The summed E-state index contributed by atoms with van der Waals surface area (Å²) < 4.78 is 30.3. The molecule has 0 bridgehead atoms. The lowest BCUT2D eigenvalue weighted by atomic mass is 10.0. The van der Waals surface area contributed by atoms with Crippen LogP contribution in [0.5, 0.6) is 0 Å². The summed E-state index contributed by atoms with van der Waals surface area (Å²) in [5.74, 6) is 0.163. The molecule has 2 aromatic heterocycles. The lowest BCUT2D eigenvalue weighted by Gasteiger charge is -2.27. The number of pyridine rings is 1. The van der Waals surface area contributed by atoms with Gasteiger partial charge in [0.05, 0.1) is 23.3 Å². The lowest BCUT2D eigenvalue weighted by molar-refractivity contribution is 0.0775. The first-order chi connectivity index (χ1) is 19.0. The van der Waals surface area contributed by atoms with E-state index >= 15 is 0 Å². The highest BCUT2D eigenvalue weighted by molar-refractivity contribution is 6.01. The molecular weight excluding hydrogens is 496 g/mol. The molecule has 0 spiro atoms. The van der Waals surface area contributed by atoms with Crippen molar-refractivity contribution in [2.75, 3.05) is 37.6 Å². The summed E-state index contributed by atoms with van der Waals surface area (Å²) in [4.78, 5) is 20.3. The van der Waals surface area contributed by atoms with E-state index in [1.807, 2.05) is 29.3 Å². The van der Waals surface area contributed by atoms with Gasteiger partial charge in [-0.15, -0.1) is 0 Å². The molecule has 3 atom stereocenters. The second-order valence-corrected chi connectivity index (χ2v) is 11.2. The van der Waals surface area contributed by atoms with Crippen LogP contribution in [0.2, 0.25) is 0 Å². The minimum atomic E-state index is -0.434. The van der Waals surface area contributed by atoms with Crippen molar-refractivity contribution in [1.29, 1.82) is 0 Å². The summed E-state index contributed by atoms with van der Waals surface area (Å²) in [6.07, 6.45) is 5.13. The van der Waals surface area contributed by atoms with E-state index in [9.17, 15) is 13.6 Å². The Bertz CT molecular complexity index is 1510. The SMILES string of the molecule is O=C(c1cnn2ccc(N3CCCC3c3cc(F)ccc3F)cc12)N1CC2CN(Cc3ccccc3)CC2C1. The van der Waals surface area contributed by atoms with Gasteiger partial charge >= 0.3 is 0 Å². The van der Waals surface area contributed by atoms with Gasteiger partial charge < -0.3 is 9.80 Å². The molecule has 3 aliphatic rings. The zero-order chi connectivity index (χ0) is 26.5. The number of likely N-dealkylation sites (tertiary alicyclic amines) is 2. The fourth-order valence-corrected chi connectivity index (χ4v) is 6.88. The van der Waals surface area contributed by atoms with Gasteiger partial charge in [0.2, 0.25) is 0 Å². The highest BCUT2D eigenvalue weighted by Crippen LogP contribution is 2.38. The number of rotatable bonds is 5. The topological polar surface area (TPSA) is 44.1 Å². The molecular formula is C31H31F2N5O. The van der Waals surface area contributed by atoms with E-state index in [0.29, 0.717) is 23.0 Å². The number of hydrogen-bond donors (Lipinski definition) is 0. The molecule has 3 unspecified atom stereocenters. The molecule has 39 heavy (non-hydrogen) atoms. The number of aromatic nitrogens is 2. The van der Waals surface area contributed by atoms with Gasteiger partial charge in [0.15, 0.2) is 0 Å². The van der Waals surface area contributed by atoms with Crippen molar-refractivity contribution in [3.63, 3.8) is 0 Å². The molecule has 8 heteroatoms. The molecule has 7 rings (SSSR count). The van der Waals surface area contributed by atoms with E-state index in [1.165, 1.54) is 17.7 Å². The number of fused-ring (bicyclic) bond motifs is 2. The van der Waals surface area contributed by atoms with E-state index in [-0.39, 0.29) is 11.9 Å². The molecule has 0 radical (unpaired) electrons. The molecule has 0 N–H and O–H groups in total. The van der Waals surface area contributed by atoms with E-state index in [2.05, 4.69) is 39.2 Å². The van der Waals surface area contributed by atoms with Gasteiger partial charge in [0.1, 0.15) is 11.6 Å². The van der Waals surface area contributed by atoms with Crippen molar-refractivity contribution in [3.8, 4) is 0 Å². The van der Waals surface area contributed by atoms with Gasteiger partial charge in [0.25, 0.3) is 5.91 Å². The Kier molecular flexibility index (Phi) is 6.07. The first-order valence-electron chi connectivity index (χ1n) is 13.8. The van der Waals surface area contributed by atoms with Crippen LogP contribution >= 0.6 is 0 Å². The molecule has 0 saturated carbocycles. The maximum atomic E-state index is 14.6. The van der Waals surface area contributed by atoms with Crippen LogP contribution in [0.3, 0.4) is 0 Å². The number of amides is 1. The summed E-state index contributed by atoms with van der Waals surface area (Å²) in [6, 6.07) is 17.9. The predicted octanol–water partition coefficient (Wildman–Crippen LogP) is 5.16. The molecule has 0 aliphatic carbocycles. The molecule has 5 heterocycles. The number of carbonyl (C=O) groups excluding carboxylic acids is 1. The van der Waals surface area contributed by atoms with Crippen molar-refractivity contribution >= 4 is 17.1 Å². The van der Waals surface area contributed by atoms with Gasteiger partial charge in [-0.1, -0.05) is 30.3 Å². The lowest BCUT2D eigenvalue weighted by Crippen LogP contribution is -2.33. The molecule has 1 amide bonds. The van der Waals surface area contributed by atoms with Crippen molar-refractivity contribution in [2.45, 2.75) is 25.4 Å². The quantitative estimate of drug-likeness (QED) is 0.360. The highest BCUT2D eigenvalue weighted by Gasteiger charge is 2.42. The molecule has 4 aromatic rings. The van der Waals surface area contributed by atoms with Crippen LogP contribution in [0.4, 0.5) is 14.5 Å². The van der Waals surface area contributed by atoms with Gasteiger partial charge in [-0.3, -0.25) is 9.69 Å². The molecule has 3 saturated heterocycles. The molecule has 6 nitrogen and oxygen atoms in total. The summed E-state index contributed by atoms with van der Waals surface area (Å²) in [5, 5.41) is 4.45. The summed E-state index contributed by atoms with van der Waals surface area (Å²) in [7, 11) is 0. The van der Waals surface area contributed by atoms with Crippen LogP contribution in [-0.2, 0) is 6.54 Å². The van der Waals surface area contributed by atoms with E-state index in [0.717, 1.165) is 69.4 Å². The number of halogens is 2. The third-order valence-corrected chi connectivity index (χ3v) is 8.74. The van der Waals surface area contributed by atoms with Crippen molar-refractivity contribution < 1.29 is 13.6 Å². The number of carbonyl (C=O) groups is 1. The fourth-order valence-electron chi connectivity index (χ4n) is 6.88. The van der Waals surface area contributed by atoms with Crippen LogP contribution in [0, 0.1) is 23.5 Å². The maximum Gasteiger partial charge on any atom is 0.257 e. The standard InChI is InChI=1S/C31H31F2N5O/c32-24-8-9-28(33)26(13-24)29-7-4-11-37(29)25-10-12-38-30(14-25)27(15-34-38)31(39)36-19-22-17-35(18-23(22)20-36)16-21-5-2-1-3-6-21/h1-3,5-6,8-10,12-15,22-23,29H,4,7,11,16-20H2. The minimum absolute atomic E-state index is 0.0142. The summed E-state index contributed by atoms with van der Waals surface area (Å²) in [5.41, 5.74) is 3.92. The normalized spacial score (nSPS) is 23.2. The maximum absolute atomic E-state index is 14.6. The zero-order valence-corrected chi connectivity index (χ0v) is 21.7. The van der Waals surface area contributed by atoms with Crippen LogP contribution < -0.4 is 4.90 Å². The highest BCUT2D eigenvalue weighted by atomic mass is 19.1. The third kappa shape index (κ3) is 4.46. The Balaban J connectivity index is 1.08. The first-order valence-corrected chi connectivity index (χ1v) is 13.8. The van der Waals surface area contributed by atoms with Gasteiger partial charge in [0, 0.05) is 56.7 Å². The first kappa shape index (κ1) is 24.3. The second-order valence-electron chi connectivity index (χ2n) is 11.2. The molecule has 3 fully saturated rings. The van der Waals surface area contributed by atoms with Crippen LogP contribution in [0.25, 0.3) is 5.52 Å². The monoisotopic (exact) mass is 527 g/mol. The van der Waals surface area contributed by atoms with E-state index in [4.69, 9.17) is 0 Å². The minimum Gasteiger partial charge on any atom is -0.364 e. The summed E-state index contributed by atoms with van der Waals surface area (Å²) in [6.45, 7) is 5.24. The summed E-state index contributed by atoms with van der Waals surface area (Å²) >= 11 is 0. The fraction of sp³-hybridized carbons (Fsp3) is 0.355. The Morgan fingerprint density at radius 3 is 2.54 bits per heavy atom. The van der Waals surface area contributed by atoms with Crippen molar-refractivity contribution in [2.24, 2.45) is 11.8 Å². The number of hydrogen-bond acceptors (Lipinski definition) is 4. The number of benzene rings is 2. The molecule has 2 aromatic carbocycles. The van der Waals surface area contributed by atoms with E-state index in [1.54, 1.807) is 10.7 Å². The van der Waals surface area contributed by atoms with Crippen LogP contribution in [-0.4, -0.2) is 58.0 Å². The Labute approximate surface area is 226 Å². The Hall–Kier alpha value is -3.78. The zero-order valence-electron chi connectivity index (χ0n) is 21.7. The van der Waals surface area contributed by atoms with Crippen LogP contribution in [0.15, 0.2) is 73.1 Å². The third-order valence-electron chi connectivity index (χ3n) is 8.74. The Morgan fingerprint density at radius 2 is 1.74 bits per heavy atom. The van der Waals surface area contributed by atoms with Gasteiger partial charge in [-0.2, -0.15) is 5.10 Å². The average Bonchev–Trinajstić information content (AvgIpc) is 3.73. The van der Waals surface area contributed by atoms with E-state index < -0.39 is 11.6 Å². The number of anilines is 1. The smallest absolute Gasteiger partial charge is 0.257 e. The Morgan fingerprint density at radius 1 is 0.949 bits per heavy atom.